The molecule has 6 nitrogen and oxygen atoms in total. The molecule has 0 radical (unpaired) electrons. The molecule has 2 N–H and O–H groups in total. The molecule has 0 atom stereocenters. The molecule has 0 aliphatic rings. The van der Waals surface area contributed by atoms with E-state index in [4.69, 9.17) is 0 Å². The molecule has 5 aromatic rings. The Morgan fingerprint density at radius 3 is 1.77 bits per heavy atom. The lowest BCUT2D eigenvalue weighted by molar-refractivity contribution is -0.116. The van der Waals surface area contributed by atoms with Gasteiger partial charge in [-0.3, -0.25) is 9.59 Å². The van der Waals surface area contributed by atoms with E-state index in [9.17, 15) is 9.59 Å². The van der Waals surface area contributed by atoms with Crippen molar-refractivity contribution in [2.24, 2.45) is 5.10 Å². The van der Waals surface area contributed by atoms with Gasteiger partial charge in [-0.1, -0.05) is 72.8 Å². The van der Waals surface area contributed by atoms with Crippen molar-refractivity contribution in [3.8, 4) is 5.69 Å². The Labute approximate surface area is 227 Å². The Kier molecular flexibility index (Phi) is 7.74. The van der Waals surface area contributed by atoms with Gasteiger partial charge in [0, 0.05) is 29.3 Å². The largest absolute Gasteiger partial charge is 0.325 e. The SMILES string of the molecule is CC(=NNC(=O)c1ccc(NC(=O)C(c2ccccc2)c2ccccc2)cc1)c1ccc(-n2cccc2)cc1. The number of aromatic nitrogens is 1. The van der Waals surface area contributed by atoms with Crippen LogP contribution in [0.4, 0.5) is 5.69 Å². The summed E-state index contributed by atoms with van der Waals surface area (Å²) >= 11 is 0. The van der Waals surface area contributed by atoms with Gasteiger partial charge in [0.1, 0.15) is 0 Å². The maximum atomic E-state index is 13.3. The van der Waals surface area contributed by atoms with Crippen LogP contribution in [0.15, 0.2) is 139 Å². The van der Waals surface area contributed by atoms with Gasteiger partial charge in [0.15, 0.2) is 0 Å². The van der Waals surface area contributed by atoms with E-state index < -0.39 is 5.92 Å². The third-order valence-corrected chi connectivity index (χ3v) is 6.46. The van der Waals surface area contributed by atoms with Gasteiger partial charge in [-0.2, -0.15) is 5.10 Å². The zero-order valence-electron chi connectivity index (χ0n) is 21.5. The molecular formula is C33H28N4O2. The second-order valence-corrected chi connectivity index (χ2v) is 9.10. The van der Waals surface area contributed by atoms with Gasteiger partial charge >= 0.3 is 0 Å². The summed E-state index contributed by atoms with van der Waals surface area (Å²) in [7, 11) is 0. The van der Waals surface area contributed by atoms with Crippen molar-refractivity contribution in [1.29, 1.82) is 0 Å². The van der Waals surface area contributed by atoms with Crippen molar-refractivity contribution in [3.05, 3.63) is 156 Å². The van der Waals surface area contributed by atoms with E-state index in [-0.39, 0.29) is 11.8 Å². The molecule has 0 fully saturated rings. The molecule has 2 amide bonds. The van der Waals surface area contributed by atoms with Gasteiger partial charge in [-0.05, 0) is 72.1 Å². The van der Waals surface area contributed by atoms with Crippen LogP contribution in [0.2, 0.25) is 0 Å². The highest BCUT2D eigenvalue weighted by Crippen LogP contribution is 2.26. The Morgan fingerprint density at radius 2 is 1.21 bits per heavy atom. The Morgan fingerprint density at radius 1 is 0.667 bits per heavy atom. The van der Waals surface area contributed by atoms with Gasteiger partial charge in [-0.25, -0.2) is 5.43 Å². The fourth-order valence-electron chi connectivity index (χ4n) is 4.35. The Hall–Kier alpha value is -5.23. The number of carbonyl (C=O) groups excluding carboxylic acids is 2. The summed E-state index contributed by atoms with van der Waals surface area (Å²) in [4.78, 5) is 26.0. The third-order valence-electron chi connectivity index (χ3n) is 6.46. The summed E-state index contributed by atoms with van der Waals surface area (Å²) < 4.78 is 2.02. The molecule has 0 aliphatic carbocycles. The van der Waals surface area contributed by atoms with Crippen LogP contribution < -0.4 is 10.7 Å². The molecule has 0 unspecified atom stereocenters. The minimum Gasteiger partial charge on any atom is -0.325 e. The maximum Gasteiger partial charge on any atom is 0.271 e. The molecule has 0 saturated carbocycles. The number of anilines is 1. The number of amides is 2. The first kappa shape index (κ1) is 25.4. The number of hydrogen-bond donors (Lipinski definition) is 2. The van der Waals surface area contributed by atoms with Crippen molar-refractivity contribution < 1.29 is 9.59 Å². The third kappa shape index (κ3) is 6.19. The van der Waals surface area contributed by atoms with E-state index in [1.165, 1.54) is 0 Å². The molecule has 0 aliphatic heterocycles. The number of hydrogen-bond acceptors (Lipinski definition) is 3. The highest BCUT2D eigenvalue weighted by molar-refractivity contribution is 6.01. The number of hydrazone groups is 1. The summed E-state index contributed by atoms with van der Waals surface area (Å²) in [6, 6.07) is 38.0. The molecule has 0 bridgehead atoms. The first-order valence-corrected chi connectivity index (χ1v) is 12.7. The van der Waals surface area contributed by atoms with Gasteiger partial charge in [-0.15, -0.1) is 0 Å². The van der Waals surface area contributed by atoms with Crippen molar-refractivity contribution in [3.63, 3.8) is 0 Å². The van der Waals surface area contributed by atoms with Crippen molar-refractivity contribution >= 4 is 23.2 Å². The predicted octanol–water partition coefficient (Wildman–Crippen LogP) is 6.40. The summed E-state index contributed by atoms with van der Waals surface area (Å²) in [5.41, 5.74) is 8.13. The highest BCUT2D eigenvalue weighted by Gasteiger charge is 2.22. The summed E-state index contributed by atoms with van der Waals surface area (Å²) in [6.07, 6.45) is 3.97. The molecule has 39 heavy (non-hydrogen) atoms. The van der Waals surface area contributed by atoms with Crippen LogP contribution in [-0.2, 0) is 4.79 Å². The normalized spacial score (nSPS) is 11.3. The van der Waals surface area contributed by atoms with Crippen molar-refractivity contribution in [2.75, 3.05) is 5.32 Å². The lowest BCUT2D eigenvalue weighted by atomic mass is 9.90. The highest BCUT2D eigenvalue weighted by atomic mass is 16.2. The quantitative estimate of drug-likeness (QED) is 0.186. The van der Waals surface area contributed by atoms with Crippen LogP contribution in [0.5, 0.6) is 0 Å². The maximum absolute atomic E-state index is 13.3. The van der Waals surface area contributed by atoms with Crippen LogP contribution in [0.25, 0.3) is 5.69 Å². The molecule has 0 spiro atoms. The van der Waals surface area contributed by atoms with Gasteiger partial charge < -0.3 is 9.88 Å². The van der Waals surface area contributed by atoms with E-state index in [2.05, 4.69) is 15.8 Å². The standard InChI is InChI=1S/C33H28N4O2/c1-24(25-16-20-30(21-17-25)37-22-8-9-23-37)35-36-32(38)28-14-18-29(19-15-28)34-33(39)31(26-10-4-2-5-11-26)27-12-6-3-7-13-27/h2-23,31H,1H3,(H,34,39)(H,36,38). The van der Waals surface area contributed by atoms with Crippen LogP contribution in [-0.4, -0.2) is 22.1 Å². The summed E-state index contributed by atoms with van der Waals surface area (Å²) in [6.45, 7) is 1.85. The average molecular weight is 513 g/mol. The predicted molar refractivity (Wildman–Crippen MR) is 155 cm³/mol. The van der Waals surface area contributed by atoms with Crippen LogP contribution >= 0.6 is 0 Å². The Bertz CT molecular complexity index is 1520. The van der Waals surface area contributed by atoms with Crippen LogP contribution in [0.1, 0.15) is 39.9 Å². The lowest BCUT2D eigenvalue weighted by Gasteiger charge is -2.18. The number of carbonyl (C=O) groups is 2. The first-order valence-electron chi connectivity index (χ1n) is 12.7. The zero-order chi connectivity index (χ0) is 27.0. The number of benzene rings is 4. The fraction of sp³-hybridized carbons (Fsp3) is 0.0606. The molecular weight excluding hydrogens is 484 g/mol. The molecule has 1 aromatic heterocycles. The van der Waals surface area contributed by atoms with Crippen molar-refractivity contribution in [1.82, 2.24) is 9.99 Å². The van der Waals surface area contributed by atoms with Crippen molar-refractivity contribution in [2.45, 2.75) is 12.8 Å². The van der Waals surface area contributed by atoms with E-state index >= 15 is 0 Å². The van der Waals surface area contributed by atoms with E-state index in [0.717, 1.165) is 22.4 Å². The molecule has 192 valence electrons. The second-order valence-electron chi connectivity index (χ2n) is 9.10. The molecule has 6 heteroatoms. The number of nitrogens with one attached hydrogen (secondary N) is 2. The monoisotopic (exact) mass is 512 g/mol. The van der Waals surface area contributed by atoms with Crippen LogP contribution in [0, 0.1) is 0 Å². The Balaban J connectivity index is 1.23. The first-order chi connectivity index (χ1) is 19.1. The van der Waals surface area contributed by atoms with Gasteiger partial charge in [0.05, 0.1) is 11.6 Å². The number of nitrogens with zero attached hydrogens (tertiary/aromatic N) is 2. The lowest BCUT2D eigenvalue weighted by Crippen LogP contribution is -2.22. The van der Waals surface area contributed by atoms with E-state index in [0.29, 0.717) is 17.0 Å². The summed E-state index contributed by atoms with van der Waals surface area (Å²) in [5, 5.41) is 7.26. The van der Waals surface area contributed by atoms with Crippen LogP contribution in [0.3, 0.4) is 0 Å². The minimum atomic E-state index is -0.454. The topological polar surface area (TPSA) is 75.5 Å². The summed E-state index contributed by atoms with van der Waals surface area (Å²) in [5.74, 6) is -0.930. The van der Waals surface area contributed by atoms with Gasteiger partial charge in [0.25, 0.3) is 5.91 Å². The van der Waals surface area contributed by atoms with E-state index in [1.807, 2.05) is 121 Å². The smallest absolute Gasteiger partial charge is 0.271 e. The minimum absolute atomic E-state index is 0.146. The molecule has 4 aromatic carbocycles. The van der Waals surface area contributed by atoms with E-state index in [1.54, 1.807) is 24.3 Å². The van der Waals surface area contributed by atoms with Gasteiger partial charge in [0.2, 0.25) is 5.91 Å². The zero-order valence-corrected chi connectivity index (χ0v) is 21.5. The average Bonchev–Trinajstić information content (AvgIpc) is 3.53. The fourth-order valence-corrected chi connectivity index (χ4v) is 4.35. The molecule has 0 saturated heterocycles. The molecule has 1 heterocycles. The number of rotatable bonds is 8. The molecule has 5 rings (SSSR count). The second kappa shape index (κ2) is 11.9.